The number of anilines is 1. The number of nitrogens with zero attached hydrogens (tertiary/aromatic N) is 2. The van der Waals surface area contributed by atoms with E-state index in [2.05, 4.69) is 15.5 Å². The first-order chi connectivity index (χ1) is 15.6. The third-order valence-electron chi connectivity index (χ3n) is 4.78. The molecular formula is C25H22ClN3O2S. The van der Waals surface area contributed by atoms with Crippen LogP contribution in [-0.4, -0.2) is 18.3 Å². The molecule has 32 heavy (non-hydrogen) atoms. The molecule has 0 spiro atoms. The first-order valence-electron chi connectivity index (χ1n) is 9.98. The maximum atomic E-state index is 6.09. The van der Waals surface area contributed by atoms with E-state index >= 15 is 0 Å². The molecule has 3 aromatic carbocycles. The summed E-state index contributed by atoms with van der Waals surface area (Å²) in [7, 11) is 1.65. The predicted molar refractivity (Wildman–Crippen MR) is 132 cm³/mol. The number of methoxy groups -OCH3 is 1. The number of hydrogen-bond donors (Lipinski definition) is 1. The Morgan fingerprint density at radius 3 is 2.72 bits per heavy atom. The van der Waals surface area contributed by atoms with Gasteiger partial charge in [-0.2, -0.15) is 5.10 Å². The lowest BCUT2D eigenvalue weighted by molar-refractivity contribution is 0.296. The molecule has 0 aliphatic heterocycles. The Kier molecular flexibility index (Phi) is 7.04. The predicted octanol–water partition coefficient (Wildman–Crippen LogP) is 6.81. The fraction of sp³-hybridized carbons (Fsp3) is 0.120. The number of aryl methyl sites for hydroxylation is 1. The number of aromatic nitrogens is 1. The van der Waals surface area contributed by atoms with Gasteiger partial charge in [-0.05, 0) is 54.4 Å². The van der Waals surface area contributed by atoms with E-state index in [4.69, 9.17) is 21.1 Å². The molecule has 0 bridgehead atoms. The number of nitrogens with one attached hydrogen (secondary N) is 1. The number of rotatable bonds is 8. The van der Waals surface area contributed by atoms with Crippen molar-refractivity contribution in [2.75, 3.05) is 12.5 Å². The molecule has 1 N–H and O–H groups in total. The van der Waals surface area contributed by atoms with Crippen LogP contribution in [0, 0.1) is 6.92 Å². The molecule has 4 aromatic rings. The summed E-state index contributed by atoms with van der Waals surface area (Å²) >= 11 is 7.60. The van der Waals surface area contributed by atoms with Crippen molar-refractivity contribution in [2.45, 2.75) is 13.5 Å². The standard InChI is InChI=1S/C25H22ClN3O2S/c1-17-12-21(9-10-22(17)26)31-15-20-13-18(8-11-24(20)30-2)14-27-29-25-28-23(16-32-25)19-6-4-3-5-7-19/h3-14,16H,15H2,1-2H3,(H,28,29). The number of halogens is 1. The molecule has 0 saturated heterocycles. The van der Waals surface area contributed by atoms with Crippen LogP contribution in [0.2, 0.25) is 5.02 Å². The van der Waals surface area contributed by atoms with E-state index in [0.717, 1.165) is 49.6 Å². The summed E-state index contributed by atoms with van der Waals surface area (Å²) < 4.78 is 11.4. The summed E-state index contributed by atoms with van der Waals surface area (Å²) in [4.78, 5) is 4.58. The van der Waals surface area contributed by atoms with Crippen LogP contribution in [0.4, 0.5) is 5.13 Å². The number of thiazole rings is 1. The van der Waals surface area contributed by atoms with Gasteiger partial charge in [0.05, 0.1) is 19.0 Å². The molecular weight excluding hydrogens is 442 g/mol. The Bertz CT molecular complexity index is 1230. The van der Waals surface area contributed by atoms with Crippen LogP contribution in [0.1, 0.15) is 16.7 Å². The molecule has 0 amide bonds. The average molecular weight is 464 g/mol. The third-order valence-corrected chi connectivity index (χ3v) is 5.95. The smallest absolute Gasteiger partial charge is 0.203 e. The van der Waals surface area contributed by atoms with Crippen molar-refractivity contribution in [3.63, 3.8) is 0 Å². The largest absolute Gasteiger partial charge is 0.496 e. The van der Waals surface area contributed by atoms with E-state index in [0.29, 0.717) is 6.61 Å². The van der Waals surface area contributed by atoms with Gasteiger partial charge in [-0.3, -0.25) is 5.43 Å². The summed E-state index contributed by atoms with van der Waals surface area (Å²) in [5, 5.41) is 7.79. The molecule has 0 unspecified atom stereocenters. The lowest BCUT2D eigenvalue weighted by Crippen LogP contribution is -2.00. The minimum absolute atomic E-state index is 0.367. The molecule has 0 radical (unpaired) electrons. The second kappa shape index (κ2) is 10.3. The first-order valence-corrected chi connectivity index (χ1v) is 11.2. The van der Waals surface area contributed by atoms with Crippen LogP contribution in [0.5, 0.6) is 11.5 Å². The molecule has 5 nitrogen and oxygen atoms in total. The summed E-state index contributed by atoms with van der Waals surface area (Å²) in [5.74, 6) is 1.51. The van der Waals surface area contributed by atoms with E-state index in [-0.39, 0.29) is 0 Å². The molecule has 7 heteroatoms. The van der Waals surface area contributed by atoms with Crippen LogP contribution >= 0.6 is 22.9 Å². The summed E-state index contributed by atoms with van der Waals surface area (Å²) in [6, 6.07) is 21.5. The van der Waals surface area contributed by atoms with Crippen molar-refractivity contribution in [1.82, 2.24) is 4.98 Å². The Hall–Kier alpha value is -3.35. The van der Waals surface area contributed by atoms with Gasteiger partial charge in [0.2, 0.25) is 5.13 Å². The highest BCUT2D eigenvalue weighted by Crippen LogP contribution is 2.26. The zero-order valence-electron chi connectivity index (χ0n) is 17.7. The summed E-state index contributed by atoms with van der Waals surface area (Å²) in [6.07, 6.45) is 1.75. The van der Waals surface area contributed by atoms with Crippen LogP contribution < -0.4 is 14.9 Å². The van der Waals surface area contributed by atoms with Gasteiger partial charge >= 0.3 is 0 Å². The summed E-state index contributed by atoms with van der Waals surface area (Å²) in [5.41, 5.74) is 7.82. The molecule has 4 rings (SSSR count). The van der Waals surface area contributed by atoms with Crippen LogP contribution in [0.15, 0.2) is 77.2 Å². The van der Waals surface area contributed by atoms with Crippen molar-refractivity contribution < 1.29 is 9.47 Å². The van der Waals surface area contributed by atoms with Gasteiger partial charge < -0.3 is 9.47 Å². The number of benzene rings is 3. The minimum Gasteiger partial charge on any atom is -0.496 e. The average Bonchev–Trinajstić information content (AvgIpc) is 3.29. The minimum atomic E-state index is 0.367. The van der Waals surface area contributed by atoms with Crippen LogP contribution in [-0.2, 0) is 6.61 Å². The molecule has 1 aromatic heterocycles. The first kappa shape index (κ1) is 21.9. The number of ether oxygens (including phenoxy) is 2. The van der Waals surface area contributed by atoms with Gasteiger partial charge in [0.15, 0.2) is 0 Å². The second-order valence-electron chi connectivity index (χ2n) is 7.04. The van der Waals surface area contributed by atoms with Crippen molar-refractivity contribution in [1.29, 1.82) is 0 Å². The maximum Gasteiger partial charge on any atom is 0.203 e. The fourth-order valence-electron chi connectivity index (χ4n) is 3.09. The normalized spacial score (nSPS) is 11.0. The third kappa shape index (κ3) is 5.46. The molecule has 0 atom stereocenters. The second-order valence-corrected chi connectivity index (χ2v) is 8.31. The molecule has 162 valence electrons. The van der Waals surface area contributed by atoms with Gasteiger partial charge in [-0.25, -0.2) is 4.98 Å². The zero-order valence-corrected chi connectivity index (χ0v) is 19.3. The fourth-order valence-corrected chi connectivity index (χ4v) is 3.87. The van der Waals surface area contributed by atoms with Gasteiger partial charge in [0, 0.05) is 21.5 Å². The zero-order chi connectivity index (χ0) is 22.3. The van der Waals surface area contributed by atoms with Crippen molar-refractivity contribution in [3.05, 3.63) is 93.8 Å². The highest BCUT2D eigenvalue weighted by Gasteiger charge is 2.07. The van der Waals surface area contributed by atoms with E-state index in [9.17, 15) is 0 Å². The monoisotopic (exact) mass is 463 g/mol. The number of hydrogen-bond acceptors (Lipinski definition) is 6. The van der Waals surface area contributed by atoms with Crippen LogP contribution in [0.3, 0.4) is 0 Å². The molecule has 0 fully saturated rings. The highest BCUT2D eigenvalue weighted by atomic mass is 35.5. The molecule has 0 saturated carbocycles. The van der Waals surface area contributed by atoms with Gasteiger partial charge in [-0.15, -0.1) is 11.3 Å². The van der Waals surface area contributed by atoms with Crippen molar-refractivity contribution >= 4 is 34.3 Å². The lowest BCUT2D eigenvalue weighted by Gasteiger charge is -2.12. The Labute approximate surface area is 196 Å². The van der Waals surface area contributed by atoms with Crippen molar-refractivity contribution in [2.24, 2.45) is 5.10 Å². The van der Waals surface area contributed by atoms with E-state index in [1.807, 2.05) is 79.0 Å². The van der Waals surface area contributed by atoms with Gasteiger partial charge in [0.25, 0.3) is 0 Å². The lowest BCUT2D eigenvalue weighted by atomic mass is 10.1. The van der Waals surface area contributed by atoms with Gasteiger partial charge in [0.1, 0.15) is 18.1 Å². The Morgan fingerprint density at radius 2 is 1.94 bits per heavy atom. The molecule has 1 heterocycles. The quantitative estimate of drug-likeness (QED) is 0.230. The van der Waals surface area contributed by atoms with Gasteiger partial charge in [-0.1, -0.05) is 41.9 Å². The molecule has 0 aliphatic carbocycles. The Balaban J connectivity index is 1.42. The van der Waals surface area contributed by atoms with E-state index < -0.39 is 0 Å². The van der Waals surface area contributed by atoms with E-state index in [1.165, 1.54) is 11.3 Å². The topological polar surface area (TPSA) is 55.7 Å². The van der Waals surface area contributed by atoms with Crippen molar-refractivity contribution in [3.8, 4) is 22.8 Å². The maximum absolute atomic E-state index is 6.09. The Morgan fingerprint density at radius 1 is 1.09 bits per heavy atom. The highest BCUT2D eigenvalue weighted by molar-refractivity contribution is 7.14. The SMILES string of the molecule is COc1ccc(C=NNc2nc(-c3ccccc3)cs2)cc1COc1ccc(Cl)c(C)c1. The summed E-state index contributed by atoms with van der Waals surface area (Å²) in [6.45, 7) is 2.32. The van der Waals surface area contributed by atoms with E-state index in [1.54, 1.807) is 13.3 Å². The molecule has 0 aliphatic rings. The number of hydrazone groups is 1. The van der Waals surface area contributed by atoms with Crippen LogP contribution in [0.25, 0.3) is 11.3 Å².